The Morgan fingerprint density at radius 3 is 2.60 bits per heavy atom. The lowest BCUT2D eigenvalue weighted by Gasteiger charge is -2.22. The highest BCUT2D eigenvalue weighted by atomic mass is 35.5. The molecular weight excluding hydrogens is 336 g/mol. The number of carbonyl (C=O) groups is 1. The Labute approximate surface area is 154 Å². The van der Waals surface area contributed by atoms with Gasteiger partial charge in [0.25, 0.3) is 5.91 Å². The van der Waals surface area contributed by atoms with Crippen LogP contribution >= 0.6 is 11.6 Å². The first-order chi connectivity index (χ1) is 11.8. The van der Waals surface area contributed by atoms with Crippen LogP contribution in [-0.4, -0.2) is 18.2 Å². The second kappa shape index (κ2) is 8.34. The number of hydrogen-bond acceptors (Lipinski definition) is 3. The highest BCUT2D eigenvalue weighted by Gasteiger charge is 2.18. The van der Waals surface area contributed by atoms with Gasteiger partial charge < -0.3 is 4.74 Å². The van der Waals surface area contributed by atoms with Gasteiger partial charge in [0.15, 0.2) is 6.61 Å². The summed E-state index contributed by atoms with van der Waals surface area (Å²) >= 11 is 6.13. The Morgan fingerprint density at radius 1 is 1.36 bits per heavy atom. The van der Waals surface area contributed by atoms with Crippen molar-refractivity contribution in [2.75, 3.05) is 6.61 Å². The Kier molecular flexibility index (Phi) is 6.43. The van der Waals surface area contributed by atoms with E-state index in [1.165, 1.54) is 0 Å². The van der Waals surface area contributed by atoms with Crippen molar-refractivity contribution in [3.8, 4) is 5.75 Å². The fourth-order valence-electron chi connectivity index (χ4n) is 2.72. The first kappa shape index (κ1) is 19.3. The number of aryl methyl sites for hydroxylation is 2. The average molecular weight is 361 g/mol. The van der Waals surface area contributed by atoms with E-state index in [1.54, 1.807) is 0 Å². The molecule has 0 radical (unpaired) electrons. The molecule has 0 fully saturated rings. The van der Waals surface area contributed by atoms with E-state index in [1.807, 2.05) is 39.8 Å². The molecule has 1 aromatic carbocycles. The molecule has 1 aliphatic rings. The summed E-state index contributed by atoms with van der Waals surface area (Å²) in [7, 11) is 0. The number of nitrogens with zero attached hydrogens (tertiary/aromatic N) is 1. The van der Waals surface area contributed by atoms with Crippen LogP contribution in [0.4, 0.5) is 0 Å². The summed E-state index contributed by atoms with van der Waals surface area (Å²) in [6.45, 7) is 11.8. The van der Waals surface area contributed by atoms with E-state index in [4.69, 9.17) is 16.3 Å². The van der Waals surface area contributed by atoms with Gasteiger partial charge in [-0.15, -0.1) is 0 Å². The number of halogens is 1. The van der Waals surface area contributed by atoms with Gasteiger partial charge in [-0.2, -0.15) is 5.10 Å². The highest BCUT2D eigenvalue weighted by molar-refractivity contribution is 6.32. The molecule has 0 bridgehead atoms. The Bertz CT molecular complexity index is 727. The minimum absolute atomic E-state index is 0.0933. The maximum atomic E-state index is 12.0. The Morgan fingerprint density at radius 2 is 2.00 bits per heavy atom. The van der Waals surface area contributed by atoms with Crippen LogP contribution in [0.3, 0.4) is 0 Å². The summed E-state index contributed by atoms with van der Waals surface area (Å²) in [6, 6.07) is 3.64. The Hall–Kier alpha value is -2.07. The van der Waals surface area contributed by atoms with Crippen molar-refractivity contribution in [1.29, 1.82) is 0 Å². The van der Waals surface area contributed by atoms with Crippen molar-refractivity contribution in [2.45, 2.75) is 40.5 Å². The summed E-state index contributed by atoms with van der Waals surface area (Å²) < 4.78 is 5.54. The third-order valence-electron chi connectivity index (χ3n) is 4.40. The van der Waals surface area contributed by atoms with Crippen LogP contribution in [0, 0.1) is 19.8 Å². The maximum absolute atomic E-state index is 12.0. The standard InChI is InChI=1S/C20H25ClN2O2/c1-12(2)16-7-6-13(3)18(10-16)22-23-19(24)11-25-17-8-14(4)20(21)15(5)9-17/h6,8-9,16H,1,7,10-11H2,2-5H3,(H,23,24). The van der Waals surface area contributed by atoms with E-state index < -0.39 is 0 Å². The number of nitrogens with one attached hydrogen (secondary N) is 1. The lowest BCUT2D eigenvalue weighted by Crippen LogP contribution is -2.27. The van der Waals surface area contributed by atoms with Gasteiger partial charge in [-0.3, -0.25) is 4.79 Å². The number of ether oxygens (including phenoxy) is 1. The summed E-state index contributed by atoms with van der Waals surface area (Å²) in [5.74, 6) is 0.719. The van der Waals surface area contributed by atoms with Crippen LogP contribution in [-0.2, 0) is 4.79 Å². The van der Waals surface area contributed by atoms with Crippen molar-refractivity contribution in [1.82, 2.24) is 5.43 Å². The smallest absolute Gasteiger partial charge is 0.277 e. The monoisotopic (exact) mass is 360 g/mol. The molecule has 0 saturated heterocycles. The number of hydrazone groups is 1. The molecule has 0 aliphatic heterocycles. The van der Waals surface area contributed by atoms with Crippen molar-refractivity contribution < 1.29 is 9.53 Å². The molecule has 5 heteroatoms. The molecule has 2 rings (SSSR count). The van der Waals surface area contributed by atoms with Gasteiger partial charge in [0.1, 0.15) is 5.75 Å². The molecule has 1 amide bonds. The first-order valence-electron chi connectivity index (χ1n) is 8.35. The molecule has 1 aliphatic carbocycles. The van der Waals surface area contributed by atoms with E-state index in [0.29, 0.717) is 11.7 Å². The second-order valence-electron chi connectivity index (χ2n) is 6.62. The summed E-state index contributed by atoms with van der Waals surface area (Å²) in [5, 5.41) is 4.98. The topological polar surface area (TPSA) is 50.7 Å². The molecule has 1 atom stereocenters. The number of hydrogen-bond donors (Lipinski definition) is 1. The van der Waals surface area contributed by atoms with Gasteiger partial charge in [-0.25, -0.2) is 5.43 Å². The molecule has 4 nitrogen and oxygen atoms in total. The van der Waals surface area contributed by atoms with Crippen LogP contribution < -0.4 is 10.2 Å². The highest BCUT2D eigenvalue weighted by Crippen LogP contribution is 2.27. The SMILES string of the molecule is C=C(C)C1CC=C(C)C(=NNC(=O)COc2cc(C)c(Cl)c(C)c2)C1. The molecule has 134 valence electrons. The van der Waals surface area contributed by atoms with Gasteiger partial charge in [0, 0.05) is 5.02 Å². The zero-order chi connectivity index (χ0) is 18.6. The normalized spacial score (nSPS) is 18.7. The summed E-state index contributed by atoms with van der Waals surface area (Å²) in [6.07, 6.45) is 3.92. The van der Waals surface area contributed by atoms with Crippen molar-refractivity contribution >= 4 is 23.2 Å². The fourth-order valence-corrected chi connectivity index (χ4v) is 2.83. The number of benzene rings is 1. The molecule has 0 saturated carbocycles. The largest absolute Gasteiger partial charge is 0.484 e. The number of rotatable bonds is 5. The van der Waals surface area contributed by atoms with Crippen LogP contribution in [0.5, 0.6) is 5.75 Å². The predicted molar refractivity (Wildman–Crippen MR) is 103 cm³/mol. The molecule has 0 aromatic heterocycles. The third-order valence-corrected chi connectivity index (χ3v) is 4.99. The van der Waals surface area contributed by atoms with E-state index in [-0.39, 0.29) is 12.5 Å². The lowest BCUT2D eigenvalue weighted by molar-refractivity contribution is -0.123. The minimum Gasteiger partial charge on any atom is -0.484 e. The summed E-state index contributed by atoms with van der Waals surface area (Å²) in [5.41, 5.74) is 7.56. The number of carbonyl (C=O) groups excluding carboxylic acids is 1. The predicted octanol–water partition coefficient (Wildman–Crippen LogP) is 4.74. The van der Waals surface area contributed by atoms with Crippen LogP contribution in [0.25, 0.3) is 0 Å². The summed E-state index contributed by atoms with van der Waals surface area (Å²) in [4.78, 5) is 12.0. The molecule has 0 spiro atoms. The first-order valence-corrected chi connectivity index (χ1v) is 8.73. The maximum Gasteiger partial charge on any atom is 0.277 e. The average Bonchev–Trinajstić information content (AvgIpc) is 2.56. The van der Waals surface area contributed by atoms with Crippen molar-refractivity contribution in [3.63, 3.8) is 0 Å². The fraction of sp³-hybridized carbons (Fsp3) is 0.400. The second-order valence-corrected chi connectivity index (χ2v) is 7.00. The van der Waals surface area contributed by atoms with Gasteiger partial charge in [0.05, 0.1) is 5.71 Å². The van der Waals surface area contributed by atoms with Crippen molar-refractivity contribution in [2.24, 2.45) is 11.0 Å². The third kappa shape index (κ3) is 5.20. The molecule has 1 N–H and O–H groups in total. The van der Waals surface area contributed by atoms with Gasteiger partial charge in [0.2, 0.25) is 0 Å². The van der Waals surface area contributed by atoms with Gasteiger partial charge in [-0.05, 0) is 75.3 Å². The lowest BCUT2D eigenvalue weighted by atomic mass is 9.85. The van der Waals surface area contributed by atoms with E-state index in [0.717, 1.165) is 45.8 Å². The van der Waals surface area contributed by atoms with Gasteiger partial charge >= 0.3 is 0 Å². The quantitative estimate of drug-likeness (QED) is 0.609. The van der Waals surface area contributed by atoms with Crippen LogP contribution in [0.15, 0.2) is 41.0 Å². The van der Waals surface area contributed by atoms with E-state index in [2.05, 4.69) is 23.2 Å². The molecule has 0 heterocycles. The zero-order valence-electron chi connectivity index (χ0n) is 15.3. The van der Waals surface area contributed by atoms with E-state index >= 15 is 0 Å². The molecular formula is C20H25ClN2O2. The molecule has 1 unspecified atom stereocenters. The van der Waals surface area contributed by atoms with Gasteiger partial charge in [-0.1, -0.05) is 29.8 Å². The minimum atomic E-state index is -0.289. The Balaban J connectivity index is 1.93. The van der Waals surface area contributed by atoms with Crippen LogP contribution in [0.1, 0.15) is 37.8 Å². The van der Waals surface area contributed by atoms with E-state index in [9.17, 15) is 4.79 Å². The van der Waals surface area contributed by atoms with Crippen LogP contribution in [0.2, 0.25) is 5.02 Å². The number of amides is 1. The molecule has 25 heavy (non-hydrogen) atoms. The zero-order valence-corrected chi connectivity index (χ0v) is 16.0. The van der Waals surface area contributed by atoms with Crippen molar-refractivity contribution in [3.05, 3.63) is 52.1 Å². The molecule has 1 aromatic rings. The number of allylic oxidation sites excluding steroid dienone is 3.